The van der Waals surface area contributed by atoms with Crippen molar-refractivity contribution in [2.45, 2.75) is 12.8 Å². The zero-order chi connectivity index (χ0) is 23.2. The third-order valence-corrected chi connectivity index (χ3v) is 5.62. The van der Waals surface area contributed by atoms with Gasteiger partial charge >= 0.3 is 0 Å². The van der Waals surface area contributed by atoms with Crippen LogP contribution in [-0.2, 0) is 4.79 Å². The van der Waals surface area contributed by atoms with Crippen LogP contribution in [-0.4, -0.2) is 22.3 Å². The highest BCUT2D eigenvalue weighted by molar-refractivity contribution is 6.34. The van der Waals surface area contributed by atoms with Gasteiger partial charge in [-0.05, 0) is 48.9 Å². The number of aromatic nitrogens is 2. The Bertz CT molecular complexity index is 1240. The summed E-state index contributed by atoms with van der Waals surface area (Å²) in [5.74, 6) is 1.10. The highest BCUT2D eigenvalue weighted by Gasteiger charge is 2.16. The normalized spacial score (nSPS) is 10.8. The van der Waals surface area contributed by atoms with Gasteiger partial charge in [0.25, 0.3) is 0 Å². The number of para-hydroxylation sites is 1. The lowest BCUT2D eigenvalue weighted by molar-refractivity contribution is -0.116. The van der Waals surface area contributed by atoms with Crippen molar-refractivity contribution < 1.29 is 9.53 Å². The van der Waals surface area contributed by atoms with Gasteiger partial charge in [-0.3, -0.25) is 4.79 Å². The van der Waals surface area contributed by atoms with Crippen LogP contribution in [0.3, 0.4) is 0 Å². The molecule has 0 aliphatic carbocycles. The summed E-state index contributed by atoms with van der Waals surface area (Å²) in [5.41, 5.74) is 2.07. The molecule has 5 nitrogen and oxygen atoms in total. The van der Waals surface area contributed by atoms with E-state index in [9.17, 15) is 4.79 Å². The second-order valence-corrected chi connectivity index (χ2v) is 8.52. The summed E-state index contributed by atoms with van der Waals surface area (Å²) in [5, 5.41) is 9.19. The largest absolute Gasteiger partial charge is 0.494 e. The molecule has 0 saturated carbocycles. The molecular weight excluding hydrogens is 481 g/mol. The smallest absolute Gasteiger partial charge is 0.225 e. The topological polar surface area (TPSA) is 56.1 Å². The standard InChI is InChI=1S/C25H20Cl3N3O2/c26-18-10-8-17(9-11-18)22-16-24(31(30-22)23-15-19(27)12-13-21(23)28)29-25(32)7-4-14-33-20-5-2-1-3-6-20/h1-3,5-6,8-13,15-16H,4,7,14H2,(H,29,32). The van der Waals surface area contributed by atoms with Crippen molar-refractivity contribution in [2.75, 3.05) is 11.9 Å². The van der Waals surface area contributed by atoms with Gasteiger partial charge in [-0.2, -0.15) is 5.10 Å². The quantitative estimate of drug-likeness (QED) is 0.258. The van der Waals surface area contributed by atoms with E-state index in [1.807, 2.05) is 42.5 Å². The molecule has 0 fully saturated rings. The fourth-order valence-electron chi connectivity index (χ4n) is 3.21. The van der Waals surface area contributed by atoms with Crippen LogP contribution in [0.5, 0.6) is 5.75 Å². The van der Waals surface area contributed by atoms with E-state index in [2.05, 4.69) is 10.4 Å². The Morgan fingerprint density at radius 2 is 1.64 bits per heavy atom. The maximum Gasteiger partial charge on any atom is 0.225 e. The first-order valence-electron chi connectivity index (χ1n) is 10.3. The van der Waals surface area contributed by atoms with Crippen LogP contribution in [0.2, 0.25) is 15.1 Å². The Balaban J connectivity index is 1.52. The van der Waals surface area contributed by atoms with Crippen molar-refractivity contribution in [3.8, 4) is 22.7 Å². The van der Waals surface area contributed by atoms with Crippen molar-refractivity contribution in [1.82, 2.24) is 9.78 Å². The summed E-state index contributed by atoms with van der Waals surface area (Å²) in [4.78, 5) is 12.7. The maximum absolute atomic E-state index is 12.7. The molecule has 33 heavy (non-hydrogen) atoms. The summed E-state index contributed by atoms with van der Waals surface area (Å²) in [6.07, 6.45) is 0.856. The zero-order valence-electron chi connectivity index (χ0n) is 17.5. The molecule has 0 saturated heterocycles. The lowest BCUT2D eigenvalue weighted by Gasteiger charge is -2.11. The Morgan fingerprint density at radius 1 is 0.909 bits per heavy atom. The molecule has 0 aliphatic heterocycles. The lowest BCUT2D eigenvalue weighted by atomic mass is 10.1. The number of nitrogens with zero attached hydrogens (tertiary/aromatic N) is 2. The number of ether oxygens (including phenoxy) is 1. The number of amides is 1. The molecule has 4 aromatic rings. The first kappa shape index (κ1) is 23.2. The molecule has 0 aliphatic rings. The van der Waals surface area contributed by atoms with Crippen molar-refractivity contribution >= 4 is 46.5 Å². The summed E-state index contributed by atoms with van der Waals surface area (Å²) >= 11 is 18.6. The van der Waals surface area contributed by atoms with Crippen molar-refractivity contribution in [2.24, 2.45) is 0 Å². The molecule has 1 amide bonds. The SMILES string of the molecule is O=C(CCCOc1ccccc1)Nc1cc(-c2ccc(Cl)cc2)nn1-c1cc(Cl)ccc1Cl. The number of benzene rings is 3. The predicted octanol–water partition coefficient (Wildman–Crippen LogP) is 7.30. The predicted molar refractivity (Wildman–Crippen MR) is 134 cm³/mol. The zero-order valence-corrected chi connectivity index (χ0v) is 19.7. The maximum atomic E-state index is 12.7. The molecule has 1 aromatic heterocycles. The number of carbonyl (C=O) groups excluding carboxylic acids is 1. The van der Waals surface area contributed by atoms with Crippen LogP contribution in [0.25, 0.3) is 16.9 Å². The third kappa shape index (κ3) is 6.08. The fraction of sp³-hybridized carbons (Fsp3) is 0.120. The van der Waals surface area contributed by atoms with Crippen LogP contribution in [0.4, 0.5) is 5.82 Å². The van der Waals surface area contributed by atoms with Gasteiger partial charge in [0.2, 0.25) is 5.91 Å². The van der Waals surface area contributed by atoms with Gasteiger partial charge in [0.15, 0.2) is 0 Å². The van der Waals surface area contributed by atoms with Gasteiger partial charge in [0.1, 0.15) is 11.6 Å². The molecule has 168 valence electrons. The van der Waals surface area contributed by atoms with Gasteiger partial charge in [-0.25, -0.2) is 4.68 Å². The van der Waals surface area contributed by atoms with Crippen LogP contribution in [0.1, 0.15) is 12.8 Å². The Morgan fingerprint density at radius 3 is 2.39 bits per heavy atom. The average molecular weight is 501 g/mol. The second-order valence-electron chi connectivity index (χ2n) is 7.24. The first-order valence-corrected chi connectivity index (χ1v) is 11.4. The van der Waals surface area contributed by atoms with Crippen molar-refractivity contribution in [3.63, 3.8) is 0 Å². The highest BCUT2D eigenvalue weighted by Crippen LogP contribution is 2.30. The van der Waals surface area contributed by atoms with E-state index in [-0.39, 0.29) is 12.3 Å². The minimum atomic E-state index is -0.159. The summed E-state index contributed by atoms with van der Waals surface area (Å²) in [6, 6.07) is 23.7. The number of nitrogens with one attached hydrogen (secondary N) is 1. The van der Waals surface area contributed by atoms with Gasteiger partial charge in [0.05, 0.1) is 23.0 Å². The van der Waals surface area contributed by atoms with Crippen LogP contribution >= 0.6 is 34.8 Å². The molecule has 0 atom stereocenters. The average Bonchev–Trinajstić information content (AvgIpc) is 3.23. The van der Waals surface area contributed by atoms with E-state index in [1.165, 1.54) is 0 Å². The molecule has 0 unspecified atom stereocenters. The van der Waals surface area contributed by atoms with Crippen LogP contribution in [0, 0.1) is 0 Å². The van der Waals surface area contributed by atoms with Crippen LogP contribution in [0.15, 0.2) is 78.9 Å². The number of halogens is 3. The van der Waals surface area contributed by atoms with Crippen molar-refractivity contribution in [1.29, 1.82) is 0 Å². The molecular formula is C25H20Cl3N3O2. The van der Waals surface area contributed by atoms with E-state index in [0.29, 0.717) is 45.3 Å². The number of hydrogen-bond acceptors (Lipinski definition) is 3. The fourth-order valence-corrected chi connectivity index (χ4v) is 3.70. The Kier molecular flexibility index (Phi) is 7.55. The van der Waals surface area contributed by atoms with Gasteiger partial charge < -0.3 is 10.1 Å². The Labute approximate surface area is 206 Å². The van der Waals surface area contributed by atoms with Gasteiger partial charge in [0, 0.05) is 28.1 Å². The van der Waals surface area contributed by atoms with Gasteiger partial charge in [-0.1, -0.05) is 65.1 Å². The minimum Gasteiger partial charge on any atom is -0.494 e. The van der Waals surface area contributed by atoms with E-state index in [1.54, 1.807) is 41.1 Å². The highest BCUT2D eigenvalue weighted by atomic mass is 35.5. The summed E-state index contributed by atoms with van der Waals surface area (Å²) in [6.45, 7) is 0.437. The van der Waals surface area contributed by atoms with Crippen LogP contribution < -0.4 is 10.1 Å². The minimum absolute atomic E-state index is 0.159. The van der Waals surface area contributed by atoms with E-state index in [4.69, 9.17) is 39.5 Å². The second kappa shape index (κ2) is 10.8. The third-order valence-electron chi connectivity index (χ3n) is 4.81. The summed E-state index contributed by atoms with van der Waals surface area (Å²) < 4.78 is 7.24. The lowest BCUT2D eigenvalue weighted by Crippen LogP contribution is -2.16. The van der Waals surface area contributed by atoms with Gasteiger partial charge in [-0.15, -0.1) is 0 Å². The molecule has 1 N–H and O–H groups in total. The molecule has 1 heterocycles. The number of hydrogen-bond donors (Lipinski definition) is 1. The Hall–Kier alpha value is -2.99. The monoisotopic (exact) mass is 499 g/mol. The molecule has 0 spiro atoms. The molecule has 4 rings (SSSR count). The molecule has 0 radical (unpaired) electrons. The molecule has 0 bridgehead atoms. The van der Waals surface area contributed by atoms with E-state index >= 15 is 0 Å². The number of anilines is 1. The van der Waals surface area contributed by atoms with Crippen molar-refractivity contribution in [3.05, 3.63) is 93.9 Å². The van der Waals surface area contributed by atoms with E-state index < -0.39 is 0 Å². The van der Waals surface area contributed by atoms with E-state index in [0.717, 1.165) is 11.3 Å². The molecule has 3 aromatic carbocycles. The molecule has 8 heteroatoms. The summed E-state index contributed by atoms with van der Waals surface area (Å²) in [7, 11) is 0. The first-order chi connectivity index (χ1) is 16.0. The number of rotatable bonds is 8. The number of carbonyl (C=O) groups is 1.